The van der Waals surface area contributed by atoms with Crippen LogP contribution < -0.4 is 14.2 Å². The van der Waals surface area contributed by atoms with Crippen molar-refractivity contribution in [2.75, 3.05) is 39.5 Å². The van der Waals surface area contributed by atoms with Crippen molar-refractivity contribution in [2.24, 2.45) is 0 Å². The van der Waals surface area contributed by atoms with Crippen LogP contribution in [0.4, 0.5) is 13.6 Å². The van der Waals surface area contributed by atoms with Gasteiger partial charge in [0.1, 0.15) is 29.6 Å². The topological polar surface area (TPSA) is 104 Å². The molecule has 1 amide bonds. The molecule has 0 aromatic heterocycles. The summed E-state index contributed by atoms with van der Waals surface area (Å²) in [7, 11) is 0. The number of carboxylic acids is 1. The fourth-order valence-corrected chi connectivity index (χ4v) is 3.82. The zero-order valence-electron chi connectivity index (χ0n) is 24.2. The molecule has 0 aliphatic rings. The number of hydrogen-bond acceptors (Lipinski definition) is 7. The Morgan fingerprint density at radius 2 is 1.44 bits per heavy atom. The Morgan fingerprint density at radius 3 is 2.07 bits per heavy atom. The Hall–Kier alpha value is -4.22. The van der Waals surface area contributed by atoms with Gasteiger partial charge in [0, 0.05) is 26.0 Å². The lowest BCUT2D eigenvalue weighted by Gasteiger charge is -2.22. The van der Waals surface area contributed by atoms with E-state index >= 15 is 0 Å². The van der Waals surface area contributed by atoms with E-state index in [-0.39, 0.29) is 39.3 Å². The van der Waals surface area contributed by atoms with E-state index in [0.29, 0.717) is 29.6 Å². The second-order valence-corrected chi connectivity index (χ2v) is 9.65. The third-order valence-corrected chi connectivity index (χ3v) is 6.07. The molecule has 43 heavy (non-hydrogen) atoms. The zero-order valence-corrected chi connectivity index (χ0v) is 24.2. The quantitative estimate of drug-likeness (QED) is 0.166. The number of halogens is 2. The maximum atomic E-state index is 13.1. The molecule has 0 saturated heterocycles. The van der Waals surface area contributed by atoms with Crippen LogP contribution in [0.3, 0.4) is 0 Å². The first kappa shape index (κ1) is 33.3. The fraction of sp³-hybridized carbons (Fsp3) is 0.375. The molecule has 3 aromatic rings. The fourth-order valence-electron chi connectivity index (χ4n) is 3.82. The van der Waals surface area contributed by atoms with E-state index in [1.54, 1.807) is 55.5 Å². The van der Waals surface area contributed by atoms with Crippen molar-refractivity contribution in [3.63, 3.8) is 0 Å². The number of nitrogens with zero attached hydrogens (tertiary/aromatic N) is 1. The van der Waals surface area contributed by atoms with Crippen LogP contribution in [0.5, 0.6) is 23.0 Å². The second-order valence-electron chi connectivity index (χ2n) is 9.65. The molecular weight excluding hydrogens is 564 g/mol. The summed E-state index contributed by atoms with van der Waals surface area (Å²) in [5.41, 5.74) is 0.772. The van der Waals surface area contributed by atoms with Crippen LogP contribution in [0.25, 0.3) is 0 Å². The van der Waals surface area contributed by atoms with E-state index in [4.69, 9.17) is 23.7 Å². The van der Waals surface area contributed by atoms with Gasteiger partial charge in [0.2, 0.25) is 5.92 Å². The van der Waals surface area contributed by atoms with Gasteiger partial charge in [0.25, 0.3) is 0 Å². The normalized spacial score (nSPS) is 11.9. The summed E-state index contributed by atoms with van der Waals surface area (Å²) in [6.45, 7) is 3.08. The van der Waals surface area contributed by atoms with Crippen molar-refractivity contribution in [3.05, 3.63) is 84.4 Å². The number of aliphatic carboxylic acids is 1. The van der Waals surface area contributed by atoms with Crippen LogP contribution >= 0.6 is 0 Å². The summed E-state index contributed by atoms with van der Waals surface area (Å²) in [5.74, 6) is -1.81. The highest BCUT2D eigenvalue weighted by atomic mass is 19.3. The predicted octanol–water partition coefficient (Wildman–Crippen LogP) is 6.45. The molecule has 0 radical (unpaired) electrons. The van der Waals surface area contributed by atoms with Gasteiger partial charge in [0.05, 0.1) is 19.8 Å². The molecule has 3 rings (SSSR count). The first-order chi connectivity index (χ1) is 20.6. The minimum atomic E-state index is -2.84. The van der Waals surface area contributed by atoms with Crippen molar-refractivity contribution in [2.45, 2.75) is 38.7 Å². The number of para-hydroxylation sites is 1. The number of alkyl halides is 2. The van der Waals surface area contributed by atoms with Gasteiger partial charge < -0.3 is 33.7 Å². The highest BCUT2D eigenvalue weighted by Crippen LogP contribution is 2.24. The molecule has 0 saturated carbocycles. The lowest BCUT2D eigenvalue weighted by Crippen LogP contribution is -2.39. The number of benzene rings is 3. The lowest BCUT2D eigenvalue weighted by molar-refractivity contribution is -0.149. The number of hydrogen-bond donors (Lipinski definition) is 1. The van der Waals surface area contributed by atoms with E-state index in [9.17, 15) is 23.5 Å². The molecule has 0 aliphatic heterocycles. The van der Waals surface area contributed by atoms with E-state index in [0.717, 1.165) is 12.5 Å². The van der Waals surface area contributed by atoms with Crippen LogP contribution in [-0.4, -0.2) is 73.6 Å². The summed E-state index contributed by atoms with van der Waals surface area (Å²) in [4.78, 5) is 25.7. The van der Waals surface area contributed by atoms with Gasteiger partial charge in [-0.15, -0.1) is 0 Å². The second kappa shape index (κ2) is 17.0. The summed E-state index contributed by atoms with van der Waals surface area (Å²) in [6.07, 6.45) is -1.80. The summed E-state index contributed by atoms with van der Waals surface area (Å²) < 4.78 is 53.8. The summed E-state index contributed by atoms with van der Waals surface area (Å²) in [5, 5.41) is 9.28. The smallest absolute Gasteiger partial charge is 0.415 e. The Kier molecular flexibility index (Phi) is 13.2. The Morgan fingerprint density at radius 1 is 0.837 bits per heavy atom. The SMILES string of the molecule is CCOC(Cc1ccc(OCCN(CCOCCC(C)(F)F)C(=O)Oc2ccc(Oc3ccccc3)cc2)cc1)C(=O)O. The van der Waals surface area contributed by atoms with E-state index in [2.05, 4.69) is 0 Å². The van der Waals surface area contributed by atoms with Crippen molar-refractivity contribution in [3.8, 4) is 23.0 Å². The van der Waals surface area contributed by atoms with E-state index < -0.39 is 30.5 Å². The number of rotatable bonds is 18. The third kappa shape index (κ3) is 12.7. The van der Waals surface area contributed by atoms with Gasteiger partial charge in [0.15, 0.2) is 6.10 Å². The zero-order chi connectivity index (χ0) is 31.1. The van der Waals surface area contributed by atoms with Crippen molar-refractivity contribution in [1.29, 1.82) is 0 Å². The molecular formula is C32H37F2NO8. The molecule has 11 heteroatoms. The number of carbonyl (C=O) groups is 2. The van der Waals surface area contributed by atoms with Gasteiger partial charge >= 0.3 is 12.1 Å². The Bertz CT molecular complexity index is 1250. The first-order valence-electron chi connectivity index (χ1n) is 13.9. The first-order valence-corrected chi connectivity index (χ1v) is 13.9. The molecule has 0 fully saturated rings. The largest absolute Gasteiger partial charge is 0.492 e. The van der Waals surface area contributed by atoms with Crippen LogP contribution in [0.15, 0.2) is 78.9 Å². The number of carboxylic acid groups (broad SMARTS) is 1. The van der Waals surface area contributed by atoms with E-state index in [1.807, 2.05) is 30.3 Å². The van der Waals surface area contributed by atoms with Gasteiger partial charge in [-0.1, -0.05) is 30.3 Å². The van der Waals surface area contributed by atoms with Crippen LogP contribution in [0, 0.1) is 0 Å². The van der Waals surface area contributed by atoms with E-state index in [1.165, 1.54) is 4.90 Å². The summed E-state index contributed by atoms with van der Waals surface area (Å²) >= 11 is 0. The minimum Gasteiger partial charge on any atom is -0.492 e. The van der Waals surface area contributed by atoms with Crippen molar-refractivity contribution >= 4 is 12.1 Å². The Labute approximate surface area is 249 Å². The van der Waals surface area contributed by atoms with Gasteiger partial charge in [-0.2, -0.15) is 0 Å². The number of carbonyl (C=O) groups excluding carboxylic acids is 1. The Balaban J connectivity index is 1.55. The van der Waals surface area contributed by atoms with Gasteiger partial charge in [-0.25, -0.2) is 18.4 Å². The average Bonchev–Trinajstić information content (AvgIpc) is 2.97. The standard InChI is InChI=1S/C32H37F2NO8/c1-3-40-29(30(36)37)23-24-9-11-25(12-10-24)41-22-19-35(18-21-39-20-17-32(2,33)34)31(38)43-28-15-13-27(14-16-28)42-26-7-5-4-6-8-26/h4-16,29H,3,17-23H2,1-2H3,(H,36,37). The third-order valence-electron chi connectivity index (χ3n) is 6.07. The van der Waals surface area contributed by atoms with Gasteiger partial charge in [-0.05, 0) is 67.9 Å². The van der Waals surface area contributed by atoms with Gasteiger partial charge in [-0.3, -0.25) is 0 Å². The predicted molar refractivity (Wildman–Crippen MR) is 155 cm³/mol. The highest BCUT2D eigenvalue weighted by Gasteiger charge is 2.21. The average molecular weight is 602 g/mol. The molecule has 0 aliphatic carbocycles. The molecule has 1 atom stereocenters. The van der Waals surface area contributed by atoms with Crippen LogP contribution in [0.1, 0.15) is 25.8 Å². The molecule has 1 unspecified atom stereocenters. The molecule has 9 nitrogen and oxygen atoms in total. The maximum absolute atomic E-state index is 13.1. The van der Waals surface area contributed by atoms with Crippen LogP contribution in [-0.2, 0) is 20.7 Å². The number of amides is 1. The highest BCUT2D eigenvalue weighted by molar-refractivity contribution is 5.72. The minimum absolute atomic E-state index is 0.0360. The summed E-state index contributed by atoms with van der Waals surface area (Å²) in [6, 6.07) is 22.7. The molecule has 0 spiro atoms. The lowest BCUT2D eigenvalue weighted by atomic mass is 10.1. The maximum Gasteiger partial charge on any atom is 0.415 e. The molecule has 0 bridgehead atoms. The molecule has 1 N–H and O–H groups in total. The van der Waals surface area contributed by atoms with Crippen molar-refractivity contribution in [1.82, 2.24) is 4.90 Å². The molecule has 0 heterocycles. The molecule has 232 valence electrons. The monoisotopic (exact) mass is 601 g/mol. The van der Waals surface area contributed by atoms with Crippen LogP contribution in [0.2, 0.25) is 0 Å². The molecule has 3 aromatic carbocycles. The number of ether oxygens (including phenoxy) is 5. The van der Waals surface area contributed by atoms with Crippen molar-refractivity contribution < 1.29 is 47.2 Å².